The van der Waals surface area contributed by atoms with Gasteiger partial charge in [-0.25, -0.2) is 8.99 Å². The third-order valence-corrected chi connectivity index (χ3v) is 5.69. The maximum Gasteiger partial charge on any atom is 0.363 e. The van der Waals surface area contributed by atoms with Gasteiger partial charge in [-0.1, -0.05) is 30.3 Å². The second kappa shape index (κ2) is 5.90. The highest BCUT2D eigenvalue weighted by atomic mass is 32.2. The van der Waals surface area contributed by atoms with E-state index in [9.17, 15) is 18.1 Å². The third-order valence-electron chi connectivity index (χ3n) is 3.63. The van der Waals surface area contributed by atoms with E-state index >= 15 is 0 Å². The molecule has 2 atom stereocenters. The van der Waals surface area contributed by atoms with Gasteiger partial charge in [-0.2, -0.15) is 8.78 Å². The Hall–Kier alpha value is -1.99. The number of benzene rings is 2. The van der Waals surface area contributed by atoms with Crippen LogP contribution >= 0.6 is 0 Å². The Labute approximate surface area is 133 Å². The molecular formula is C16H17F2NO3S. The van der Waals surface area contributed by atoms with E-state index < -0.39 is 20.6 Å². The third kappa shape index (κ3) is 2.82. The van der Waals surface area contributed by atoms with Gasteiger partial charge < -0.3 is 9.84 Å². The smallest absolute Gasteiger partial charge is 0.363 e. The molecule has 0 amide bonds. The second-order valence-corrected chi connectivity index (χ2v) is 7.29. The molecule has 2 rings (SSSR count). The van der Waals surface area contributed by atoms with Crippen LogP contribution in [-0.4, -0.2) is 21.7 Å². The molecule has 7 heteroatoms. The number of rotatable bonds is 5. The van der Waals surface area contributed by atoms with E-state index in [1.165, 1.54) is 55.6 Å². The molecule has 0 aliphatic carbocycles. The molecule has 0 radical (unpaired) electrons. The summed E-state index contributed by atoms with van der Waals surface area (Å²) in [5.74, 6) is 0.273. The monoisotopic (exact) mass is 341 g/mol. The van der Waals surface area contributed by atoms with Gasteiger partial charge in [0.1, 0.15) is 15.5 Å². The van der Waals surface area contributed by atoms with E-state index in [-0.39, 0.29) is 16.2 Å². The zero-order valence-corrected chi connectivity index (χ0v) is 13.4. The Morgan fingerprint density at radius 3 is 2.30 bits per heavy atom. The maximum absolute atomic E-state index is 14.8. The Bertz CT molecular complexity index is 790. The fraction of sp³-hybridized carbons (Fsp3) is 0.250. The van der Waals surface area contributed by atoms with E-state index in [0.717, 1.165) is 6.92 Å². The first-order valence-corrected chi connectivity index (χ1v) is 8.28. The SMILES string of the molecule is COc1cccc([C@](C)(O)C(F)(F)[S@](=N)(=O)c2ccccc2)c1. The molecule has 2 aromatic carbocycles. The molecule has 4 nitrogen and oxygen atoms in total. The summed E-state index contributed by atoms with van der Waals surface area (Å²) in [7, 11) is -3.22. The minimum absolute atomic E-state index is 0.183. The number of alkyl halides is 2. The zero-order valence-electron chi connectivity index (χ0n) is 12.6. The molecular weight excluding hydrogens is 324 g/mol. The molecule has 2 aromatic rings. The van der Waals surface area contributed by atoms with Gasteiger partial charge in [0.15, 0.2) is 5.60 Å². The van der Waals surface area contributed by atoms with Crippen LogP contribution in [0.5, 0.6) is 5.75 Å². The summed E-state index contributed by atoms with van der Waals surface area (Å²) in [4.78, 5) is -0.340. The van der Waals surface area contributed by atoms with Crippen molar-refractivity contribution in [3.05, 3.63) is 60.2 Å². The summed E-state index contributed by atoms with van der Waals surface area (Å²) in [6.45, 7) is 0.846. The van der Waals surface area contributed by atoms with E-state index in [4.69, 9.17) is 9.52 Å². The summed E-state index contributed by atoms with van der Waals surface area (Å²) in [6, 6.07) is 12.2. The number of aliphatic hydroxyl groups is 1. The zero-order chi connectivity index (χ0) is 17.3. The summed E-state index contributed by atoms with van der Waals surface area (Å²) in [5, 5.41) is 6.21. The summed E-state index contributed by atoms with van der Waals surface area (Å²) in [6.07, 6.45) is 0. The summed E-state index contributed by atoms with van der Waals surface area (Å²) < 4.78 is 54.9. The lowest BCUT2D eigenvalue weighted by Gasteiger charge is -2.34. The van der Waals surface area contributed by atoms with Crippen LogP contribution in [0.15, 0.2) is 59.5 Å². The standard InChI is InChI=1S/C16H17F2NO3S/c1-15(20,12-7-6-8-13(11-12)22-2)16(17,18)23(19,21)14-9-4-3-5-10-14/h3-11,19-20H,1-2H3/t15-,23+/m0/s1. The average molecular weight is 341 g/mol. The maximum atomic E-state index is 14.8. The Balaban J connectivity index is 2.56. The number of hydrogen-bond acceptors (Lipinski definition) is 4. The van der Waals surface area contributed by atoms with Crippen molar-refractivity contribution in [1.82, 2.24) is 0 Å². The van der Waals surface area contributed by atoms with Gasteiger partial charge in [-0.3, -0.25) is 0 Å². The Morgan fingerprint density at radius 2 is 1.74 bits per heavy atom. The molecule has 0 bridgehead atoms. The predicted molar refractivity (Wildman–Crippen MR) is 83.1 cm³/mol. The van der Waals surface area contributed by atoms with Gasteiger partial charge in [0.2, 0.25) is 0 Å². The lowest BCUT2D eigenvalue weighted by molar-refractivity contribution is -0.118. The molecule has 0 spiro atoms. The van der Waals surface area contributed by atoms with Crippen LogP contribution in [-0.2, 0) is 15.3 Å². The minimum atomic E-state index is -4.59. The van der Waals surface area contributed by atoms with Crippen LogP contribution in [0, 0.1) is 4.78 Å². The number of methoxy groups -OCH3 is 1. The highest BCUT2D eigenvalue weighted by Crippen LogP contribution is 2.45. The number of halogens is 2. The topological polar surface area (TPSA) is 70.4 Å². The molecule has 23 heavy (non-hydrogen) atoms. The molecule has 124 valence electrons. The highest BCUT2D eigenvalue weighted by Gasteiger charge is 2.58. The van der Waals surface area contributed by atoms with Crippen molar-refractivity contribution >= 4 is 9.73 Å². The van der Waals surface area contributed by atoms with Crippen molar-refractivity contribution in [3.8, 4) is 5.75 Å². The Morgan fingerprint density at radius 1 is 1.13 bits per heavy atom. The molecule has 0 fully saturated rings. The van der Waals surface area contributed by atoms with E-state index in [1.54, 1.807) is 6.07 Å². The van der Waals surface area contributed by atoms with Gasteiger partial charge in [0.05, 0.1) is 12.0 Å². The molecule has 0 unspecified atom stereocenters. The molecule has 0 saturated heterocycles. The van der Waals surface area contributed by atoms with Crippen molar-refractivity contribution in [2.75, 3.05) is 7.11 Å². The van der Waals surface area contributed by atoms with Crippen LogP contribution in [0.3, 0.4) is 0 Å². The minimum Gasteiger partial charge on any atom is -0.497 e. The van der Waals surface area contributed by atoms with E-state index in [1.807, 2.05) is 0 Å². The predicted octanol–water partition coefficient (Wildman–Crippen LogP) is 3.60. The van der Waals surface area contributed by atoms with Crippen molar-refractivity contribution in [3.63, 3.8) is 0 Å². The lowest BCUT2D eigenvalue weighted by atomic mass is 9.96. The Kier molecular flexibility index (Phi) is 4.45. The fourth-order valence-electron chi connectivity index (χ4n) is 2.13. The van der Waals surface area contributed by atoms with Crippen molar-refractivity contribution in [2.45, 2.75) is 22.7 Å². The summed E-state index contributed by atoms with van der Waals surface area (Å²) in [5.41, 5.74) is -2.99. The first-order chi connectivity index (χ1) is 10.6. The van der Waals surface area contributed by atoms with Crippen LogP contribution in [0.25, 0.3) is 0 Å². The van der Waals surface area contributed by atoms with Gasteiger partial charge in [-0.15, -0.1) is 0 Å². The second-order valence-electron chi connectivity index (χ2n) is 5.19. The highest BCUT2D eigenvalue weighted by molar-refractivity contribution is 7.93. The van der Waals surface area contributed by atoms with Crippen LogP contribution in [0.4, 0.5) is 8.78 Å². The fourth-order valence-corrected chi connectivity index (χ4v) is 3.65. The van der Waals surface area contributed by atoms with Gasteiger partial charge >= 0.3 is 5.25 Å². The quantitative estimate of drug-likeness (QED) is 0.873. The number of nitrogens with one attached hydrogen (secondary N) is 1. The van der Waals surface area contributed by atoms with Crippen molar-refractivity contribution < 1.29 is 22.8 Å². The largest absolute Gasteiger partial charge is 0.497 e. The van der Waals surface area contributed by atoms with E-state index in [2.05, 4.69) is 0 Å². The van der Waals surface area contributed by atoms with Crippen LogP contribution in [0.2, 0.25) is 0 Å². The first-order valence-electron chi connectivity index (χ1n) is 6.73. The summed E-state index contributed by atoms with van der Waals surface area (Å²) >= 11 is 0. The van der Waals surface area contributed by atoms with Crippen molar-refractivity contribution in [1.29, 1.82) is 4.78 Å². The van der Waals surface area contributed by atoms with Gasteiger partial charge in [-0.05, 0) is 36.8 Å². The van der Waals surface area contributed by atoms with Crippen LogP contribution in [0.1, 0.15) is 12.5 Å². The molecule has 0 aromatic heterocycles. The molecule has 0 aliphatic heterocycles. The first kappa shape index (κ1) is 17.4. The molecule has 0 heterocycles. The average Bonchev–Trinajstić information content (AvgIpc) is 2.55. The lowest BCUT2D eigenvalue weighted by Crippen LogP contribution is -2.48. The molecule has 0 aliphatic rings. The molecule has 2 N–H and O–H groups in total. The van der Waals surface area contributed by atoms with Crippen molar-refractivity contribution in [2.24, 2.45) is 0 Å². The number of ether oxygens (including phenoxy) is 1. The van der Waals surface area contributed by atoms with E-state index in [0.29, 0.717) is 0 Å². The molecule has 0 saturated carbocycles. The number of hydrogen-bond donors (Lipinski definition) is 2. The normalized spacial score (nSPS) is 17.1. The van der Waals surface area contributed by atoms with Gasteiger partial charge in [0.25, 0.3) is 0 Å². The van der Waals surface area contributed by atoms with Crippen LogP contribution < -0.4 is 4.74 Å². The van der Waals surface area contributed by atoms with Gasteiger partial charge in [0, 0.05) is 0 Å².